The topological polar surface area (TPSA) is 29.1 Å². The molecular formula is C3H2F3O2. The second-order valence-corrected chi connectivity index (χ2v) is 0.836. The van der Waals surface area contributed by atoms with E-state index in [-0.39, 0.29) is 12.5 Å². The highest BCUT2D eigenvalue weighted by Gasteiger charge is 2.28. The van der Waals surface area contributed by atoms with Crippen molar-refractivity contribution >= 4 is 0 Å². The number of ether oxygens (including phenoxy) is 1. The second kappa shape index (κ2) is 2.44. The fraction of sp³-hybridized carbons (Fsp3) is 0.333. The molecule has 0 spiro atoms. The van der Waals surface area contributed by atoms with Crippen LogP contribution in [-0.4, -0.2) is 6.36 Å². The fourth-order valence-electron chi connectivity index (χ4n) is 0.105. The maximum atomic E-state index is 10.8. The summed E-state index contributed by atoms with van der Waals surface area (Å²) in [7, 11) is 0. The van der Waals surface area contributed by atoms with Crippen LogP contribution in [0.5, 0.6) is 0 Å². The van der Waals surface area contributed by atoms with Gasteiger partial charge in [-0.25, -0.2) is 0 Å². The van der Waals surface area contributed by atoms with Gasteiger partial charge in [0.25, 0.3) is 0 Å². The summed E-state index contributed by atoms with van der Waals surface area (Å²) in [5.74, 6) is 0. The highest BCUT2D eigenvalue weighted by atomic mass is 19.4. The van der Waals surface area contributed by atoms with Crippen molar-refractivity contribution in [2.24, 2.45) is 0 Å². The van der Waals surface area contributed by atoms with Crippen LogP contribution in [0.3, 0.4) is 0 Å². The molecular weight excluding hydrogens is 125 g/mol. The Morgan fingerprint density at radius 1 is 1.38 bits per heavy atom. The summed E-state index contributed by atoms with van der Waals surface area (Å²) >= 11 is 0. The minimum atomic E-state index is -4.74. The van der Waals surface area contributed by atoms with Crippen LogP contribution in [0.1, 0.15) is 0 Å². The van der Waals surface area contributed by atoms with Crippen molar-refractivity contribution in [1.82, 2.24) is 0 Å². The Morgan fingerprint density at radius 3 is 2.00 bits per heavy atom. The summed E-state index contributed by atoms with van der Waals surface area (Å²) in [6.45, 7) is 0. The number of hydrogen-bond acceptors (Lipinski definition) is 1. The molecule has 0 amide bonds. The molecule has 0 atom stereocenters. The first-order chi connectivity index (χ1) is 3.56. The Labute approximate surface area is 43.2 Å². The number of hydrogen-bond donors (Lipinski definition) is 0. The molecule has 0 bridgehead atoms. The molecule has 0 fully saturated rings. The lowest BCUT2D eigenvalue weighted by Crippen LogP contribution is -2.08. The van der Waals surface area contributed by atoms with E-state index >= 15 is 0 Å². The van der Waals surface area contributed by atoms with Gasteiger partial charge in [-0.05, 0) is 0 Å². The van der Waals surface area contributed by atoms with Crippen molar-refractivity contribution < 1.29 is 23.0 Å². The predicted molar refractivity (Wildman–Crippen MR) is 17.0 cm³/mol. The molecule has 0 saturated carbocycles. The highest BCUT2D eigenvalue weighted by molar-refractivity contribution is 4.56. The van der Waals surface area contributed by atoms with Crippen molar-refractivity contribution in [3.63, 3.8) is 0 Å². The predicted octanol–water partition coefficient (Wildman–Crippen LogP) is 1.42. The zero-order valence-corrected chi connectivity index (χ0v) is 3.61. The largest absolute Gasteiger partial charge is 0.572 e. The maximum Gasteiger partial charge on any atom is 0.572 e. The minimum absolute atomic E-state index is 0.0278. The molecule has 0 aromatic heterocycles. The van der Waals surface area contributed by atoms with Crippen LogP contribution < -0.4 is 0 Å². The van der Waals surface area contributed by atoms with Gasteiger partial charge in [0.15, 0.2) is 6.26 Å². The number of halogens is 3. The van der Waals surface area contributed by atoms with Crippen LogP contribution in [0, 0.1) is 0 Å². The molecule has 8 heavy (non-hydrogen) atoms. The Balaban J connectivity index is 3.39. The lowest BCUT2D eigenvalue weighted by molar-refractivity contribution is -0.298. The molecule has 0 aliphatic heterocycles. The van der Waals surface area contributed by atoms with Gasteiger partial charge in [0.1, 0.15) is 6.26 Å². The first kappa shape index (κ1) is 7.13. The summed E-state index contributed by atoms with van der Waals surface area (Å²) in [6, 6.07) is 0. The van der Waals surface area contributed by atoms with Gasteiger partial charge in [0.05, 0.1) is 0 Å². The van der Waals surface area contributed by atoms with Crippen LogP contribution in [-0.2, 0) is 9.84 Å². The van der Waals surface area contributed by atoms with Crippen molar-refractivity contribution in [3.8, 4) is 0 Å². The van der Waals surface area contributed by atoms with E-state index in [1.165, 1.54) is 0 Å². The zero-order chi connectivity index (χ0) is 6.62. The number of rotatable bonds is 1. The van der Waals surface area contributed by atoms with Crippen LogP contribution in [0.4, 0.5) is 13.2 Å². The van der Waals surface area contributed by atoms with E-state index in [1.807, 2.05) is 0 Å². The van der Waals surface area contributed by atoms with Crippen LogP contribution in [0.2, 0.25) is 0 Å². The van der Waals surface area contributed by atoms with Gasteiger partial charge in [-0.15, -0.1) is 13.2 Å². The molecule has 2 nitrogen and oxygen atoms in total. The Hall–Kier alpha value is -0.870. The second-order valence-electron chi connectivity index (χ2n) is 0.836. The molecule has 0 aliphatic rings. The van der Waals surface area contributed by atoms with E-state index in [1.54, 1.807) is 0 Å². The Bertz CT molecular complexity index is 85.0. The van der Waals surface area contributed by atoms with Crippen LogP contribution in [0.15, 0.2) is 12.5 Å². The Kier molecular flexibility index (Phi) is 2.18. The summed E-state index contributed by atoms with van der Waals surface area (Å²) in [5, 5.41) is 9.17. The minimum Gasteiger partial charge on any atom is -0.410 e. The molecule has 0 unspecified atom stereocenters. The van der Waals surface area contributed by atoms with E-state index in [0.29, 0.717) is 0 Å². The van der Waals surface area contributed by atoms with Crippen LogP contribution >= 0.6 is 0 Å². The van der Waals surface area contributed by atoms with E-state index in [0.717, 1.165) is 0 Å². The van der Waals surface area contributed by atoms with Gasteiger partial charge in [-0.3, -0.25) is 5.11 Å². The lowest BCUT2D eigenvalue weighted by Gasteiger charge is -2.00. The fourth-order valence-corrected chi connectivity index (χ4v) is 0.105. The van der Waals surface area contributed by atoms with Gasteiger partial charge in [-0.2, -0.15) is 0 Å². The SMILES string of the molecule is [O]C=COC(F)(F)F. The van der Waals surface area contributed by atoms with Crippen molar-refractivity contribution in [1.29, 1.82) is 0 Å². The molecule has 0 aliphatic carbocycles. The molecule has 0 aromatic rings. The molecule has 5 heteroatoms. The van der Waals surface area contributed by atoms with E-state index in [9.17, 15) is 18.3 Å². The smallest absolute Gasteiger partial charge is 0.410 e. The normalized spacial score (nSPS) is 12.4. The van der Waals surface area contributed by atoms with E-state index < -0.39 is 6.36 Å². The highest BCUT2D eigenvalue weighted by Crippen LogP contribution is 2.15. The molecule has 1 radical (unpaired) electrons. The maximum absolute atomic E-state index is 10.8. The summed E-state index contributed by atoms with van der Waals surface area (Å²) in [5.41, 5.74) is 0. The summed E-state index contributed by atoms with van der Waals surface area (Å²) in [4.78, 5) is 0. The van der Waals surface area contributed by atoms with Crippen molar-refractivity contribution in [3.05, 3.63) is 12.5 Å². The zero-order valence-electron chi connectivity index (χ0n) is 3.61. The summed E-state index contributed by atoms with van der Waals surface area (Å²) < 4.78 is 35.4. The van der Waals surface area contributed by atoms with Crippen LogP contribution in [0.25, 0.3) is 0 Å². The third-order valence-corrected chi connectivity index (χ3v) is 0.257. The molecule has 0 aromatic carbocycles. The average Bonchev–Trinajstić information content (AvgIpc) is 1.59. The summed E-state index contributed by atoms with van der Waals surface area (Å²) in [6.07, 6.45) is -4.80. The van der Waals surface area contributed by atoms with Crippen molar-refractivity contribution in [2.75, 3.05) is 0 Å². The molecule has 0 saturated heterocycles. The molecule has 0 N–H and O–H groups in total. The number of alkyl halides is 3. The molecule has 0 rings (SSSR count). The lowest BCUT2D eigenvalue weighted by atomic mass is 11.0. The van der Waals surface area contributed by atoms with Gasteiger partial charge in [0, 0.05) is 0 Å². The first-order valence-electron chi connectivity index (χ1n) is 1.58. The van der Waals surface area contributed by atoms with Gasteiger partial charge in [-0.1, -0.05) is 0 Å². The quantitative estimate of drug-likeness (QED) is 0.490. The van der Waals surface area contributed by atoms with Gasteiger partial charge in [0.2, 0.25) is 0 Å². The monoisotopic (exact) mass is 127 g/mol. The van der Waals surface area contributed by atoms with E-state index in [4.69, 9.17) is 0 Å². The standard InChI is InChI=1S/C3H2F3O2/c4-3(5,6)8-2-1-7/h1-2H. The van der Waals surface area contributed by atoms with E-state index in [2.05, 4.69) is 4.74 Å². The third-order valence-electron chi connectivity index (χ3n) is 0.257. The average molecular weight is 127 g/mol. The third kappa shape index (κ3) is 5.13. The molecule has 47 valence electrons. The van der Waals surface area contributed by atoms with Gasteiger partial charge < -0.3 is 4.74 Å². The Morgan fingerprint density at radius 2 is 1.88 bits per heavy atom. The molecule has 0 heterocycles. The van der Waals surface area contributed by atoms with Gasteiger partial charge >= 0.3 is 6.36 Å². The van der Waals surface area contributed by atoms with Crippen molar-refractivity contribution in [2.45, 2.75) is 6.36 Å². The first-order valence-corrected chi connectivity index (χ1v) is 1.58.